The minimum atomic E-state index is 0.0923. The van der Waals surface area contributed by atoms with E-state index in [1.807, 2.05) is 13.2 Å². The van der Waals surface area contributed by atoms with Gasteiger partial charge in [0.2, 0.25) is 0 Å². The van der Waals surface area contributed by atoms with Crippen molar-refractivity contribution in [3.8, 4) is 0 Å². The highest BCUT2D eigenvalue weighted by molar-refractivity contribution is 8.03. The lowest BCUT2D eigenvalue weighted by molar-refractivity contribution is 0.729. The van der Waals surface area contributed by atoms with Crippen LogP contribution in [0.2, 0.25) is 0 Å². The van der Waals surface area contributed by atoms with Crippen LogP contribution in [0.1, 0.15) is 21.9 Å². The van der Waals surface area contributed by atoms with E-state index in [1.54, 1.807) is 46.2 Å². The standard InChI is InChI=1S/C11H15N3S4/c1-6-4-5-8(16-6)9(7(2)12)17-11-14-13-10(15-3)18-11/h4-5,7,9H,12H2,1-3H3. The molecule has 0 spiro atoms. The van der Waals surface area contributed by atoms with Crippen LogP contribution >= 0.6 is 46.2 Å². The summed E-state index contributed by atoms with van der Waals surface area (Å²) < 4.78 is 2.00. The number of nitrogens with two attached hydrogens (primary N) is 1. The van der Waals surface area contributed by atoms with Crippen LogP contribution in [0.3, 0.4) is 0 Å². The molecule has 0 saturated heterocycles. The van der Waals surface area contributed by atoms with Crippen LogP contribution in [0.4, 0.5) is 0 Å². The predicted molar refractivity (Wildman–Crippen MR) is 83.0 cm³/mol. The molecule has 7 heteroatoms. The molecule has 2 N–H and O–H groups in total. The van der Waals surface area contributed by atoms with E-state index in [1.165, 1.54) is 9.75 Å². The van der Waals surface area contributed by atoms with Crippen molar-refractivity contribution in [1.29, 1.82) is 0 Å². The highest BCUT2D eigenvalue weighted by Crippen LogP contribution is 2.41. The van der Waals surface area contributed by atoms with Crippen LogP contribution in [0.25, 0.3) is 0 Å². The van der Waals surface area contributed by atoms with Crippen LogP contribution in [0.5, 0.6) is 0 Å². The Kier molecular flexibility index (Phi) is 5.08. The van der Waals surface area contributed by atoms with Gasteiger partial charge in [0, 0.05) is 15.8 Å². The summed E-state index contributed by atoms with van der Waals surface area (Å²) >= 11 is 6.78. The van der Waals surface area contributed by atoms with E-state index in [2.05, 4.69) is 29.3 Å². The largest absolute Gasteiger partial charge is 0.327 e. The first kappa shape index (κ1) is 14.3. The van der Waals surface area contributed by atoms with E-state index >= 15 is 0 Å². The van der Waals surface area contributed by atoms with Gasteiger partial charge in [-0.15, -0.1) is 21.5 Å². The SMILES string of the molecule is CSc1nnc(SC(c2ccc(C)s2)C(C)N)s1. The summed E-state index contributed by atoms with van der Waals surface area (Å²) in [5, 5.41) is 8.58. The molecule has 0 amide bonds. The smallest absolute Gasteiger partial charge is 0.175 e. The fourth-order valence-electron chi connectivity index (χ4n) is 1.47. The quantitative estimate of drug-likeness (QED) is 0.850. The lowest BCUT2D eigenvalue weighted by Gasteiger charge is -2.17. The number of rotatable bonds is 5. The number of hydrogen-bond donors (Lipinski definition) is 1. The maximum atomic E-state index is 6.10. The van der Waals surface area contributed by atoms with Gasteiger partial charge < -0.3 is 5.73 Å². The van der Waals surface area contributed by atoms with Gasteiger partial charge in [-0.3, -0.25) is 0 Å². The Morgan fingerprint density at radius 3 is 2.44 bits per heavy atom. The van der Waals surface area contributed by atoms with E-state index in [0.717, 1.165) is 8.68 Å². The van der Waals surface area contributed by atoms with Gasteiger partial charge in [0.25, 0.3) is 0 Å². The summed E-state index contributed by atoms with van der Waals surface area (Å²) in [4.78, 5) is 2.63. The normalized spacial score (nSPS) is 14.7. The Labute approximate surface area is 124 Å². The Morgan fingerprint density at radius 2 is 1.94 bits per heavy atom. The van der Waals surface area contributed by atoms with Gasteiger partial charge in [0.15, 0.2) is 8.68 Å². The molecule has 0 radical (unpaired) electrons. The number of thiophene rings is 1. The molecule has 2 aromatic rings. The lowest BCUT2D eigenvalue weighted by atomic mass is 10.2. The molecule has 0 aliphatic carbocycles. The summed E-state index contributed by atoms with van der Waals surface area (Å²) in [6, 6.07) is 4.40. The maximum absolute atomic E-state index is 6.10. The van der Waals surface area contributed by atoms with Crippen molar-refractivity contribution in [2.45, 2.75) is 33.8 Å². The van der Waals surface area contributed by atoms with Gasteiger partial charge >= 0.3 is 0 Å². The van der Waals surface area contributed by atoms with Crippen LogP contribution in [-0.4, -0.2) is 22.5 Å². The molecule has 0 bridgehead atoms. The summed E-state index contributed by atoms with van der Waals surface area (Å²) in [5.41, 5.74) is 6.10. The summed E-state index contributed by atoms with van der Waals surface area (Å²) in [6.07, 6.45) is 2.01. The second kappa shape index (κ2) is 6.38. The third-order valence-electron chi connectivity index (χ3n) is 2.31. The summed E-state index contributed by atoms with van der Waals surface area (Å²) in [7, 11) is 0. The first-order valence-electron chi connectivity index (χ1n) is 5.46. The molecular formula is C11H15N3S4. The molecule has 0 fully saturated rings. The second-order valence-electron chi connectivity index (χ2n) is 3.88. The van der Waals surface area contributed by atoms with Crippen molar-refractivity contribution < 1.29 is 0 Å². The molecule has 98 valence electrons. The first-order valence-corrected chi connectivity index (χ1v) is 9.20. The molecular weight excluding hydrogens is 302 g/mol. The van der Waals surface area contributed by atoms with Crippen LogP contribution in [-0.2, 0) is 0 Å². The molecule has 2 atom stereocenters. The Balaban J connectivity index is 2.16. The Hall–Kier alpha value is -0.0800. The second-order valence-corrected chi connectivity index (χ2v) is 8.62. The molecule has 2 heterocycles. The van der Waals surface area contributed by atoms with Crippen molar-refractivity contribution >= 4 is 46.2 Å². The van der Waals surface area contributed by atoms with E-state index < -0.39 is 0 Å². The molecule has 2 rings (SSSR count). The highest BCUT2D eigenvalue weighted by Gasteiger charge is 2.21. The van der Waals surface area contributed by atoms with E-state index in [4.69, 9.17) is 5.73 Å². The van der Waals surface area contributed by atoms with Crippen LogP contribution in [0.15, 0.2) is 20.8 Å². The van der Waals surface area contributed by atoms with Gasteiger partial charge in [0.05, 0.1) is 5.25 Å². The Morgan fingerprint density at radius 1 is 1.22 bits per heavy atom. The third kappa shape index (κ3) is 3.48. The van der Waals surface area contributed by atoms with Crippen molar-refractivity contribution in [2.75, 3.05) is 6.26 Å². The predicted octanol–water partition coefficient (Wildman–Crippen LogP) is 3.81. The molecule has 3 nitrogen and oxygen atoms in total. The van der Waals surface area contributed by atoms with Crippen molar-refractivity contribution in [2.24, 2.45) is 5.73 Å². The van der Waals surface area contributed by atoms with E-state index in [9.17, 15) is 0 Å². The number of aromatic nitrogens is 2. The lowest BCUT2D eigenvalue weighted by Crippen LogP contribution is -2.21. The minimum Gasteiger partial charge on any atom is -0.327 e. The fraction of sp³-hybridized carbons (Fsp3) is 0.455. The zero-order valence-corrected chi connectivity index (χ0v) is 13.7. The van der Waals surface area contributed by atoms with Gasteiger partial charge in [-0.2, -0.15) is 0 Å². The summed E-state index contributed by atoms with van der Waals surface area (Å²) in [5.74, 6) is 0. The monoisotopic (exact) mass is 317 g/mol. The van der Waals surface area contributed by atoms with Crippen LogP contribution < -0.4 is 5.73 Å². The van der Waals surface area contributed by atoms with Gasteiger partial charge in [-0.05, 0) is 32.2 Å². The number of hydrogen-bond acceptors (Lipinski definition) is 7. The number of thioether (sulfide) groups is 2. The number of aryl methyl sites for hydroxylation is 1. The highest BCUT2D eigenvalue weighted by atomic mass is 32.2. The number of nitrogens with zero attached hydrogens (tertiary/aromatic N) is 2. The van der Waals surface area contributed by atoms with Gasteiger partial charge in [0.1, 0.15) is 0 Å². The Bertz CT molecular complexity index is 506. The topological polar surface area (TPSA) is 51.8 Å². The van der Waals surface area contributed by atoms with E-state index in [-0.39, 0.29) is 11.3 Å². The minimum absolute atomic E-state index is 0.0923. The molecule has 0 aliphatic rings. The average molecular weight is 318 g/mol. The van der Waals surface area contributed by atoms with Gasteiger partial charge in [-0.25, -0.2) is 0 Å². The molecule has 0 saturated carbocycles. The molecule has 18 heavy (non-hydrogen) atoms. The molecule has 2 unspecified atom stereocenters. The average Bonchev–Trinajstić information content (AvgIpc) is 2.94. The molecule has 2 aromatic heterocycles. The van der Waals surface area contributed by atoms with E-state index in [0.29, 0.717) is 0 Å². The first-order chi connectivity index (χ1) is 8.60. The maximum Gasteiger partial charge on any atom is 0.175 e. The summed E-state index contributed by atoms with van der Waals surface area (Å²) in [6.45, 7) is 4.16. The van der Waals surface area contributed by atoms with Crippen molar-refractivity contribution in [1.82, 2.24) is 10.2 Å². The zero-order chi connectivity index (χ0) is 13.1. The molecule has 0 aliphatic heterocycles. The zero-order valence-electron chi connectivity index (χ0n) is 10.4. The van der Waals surface area contributed by atoms with Crippen molar-refractivity contribution in [3.05, 3.63) is 21.9 Å². The fourth-order valence-corrected chi connectivity index (χ4v) is 5.35. The van der Waals surface area contributed by atoms with Gasteiger partial charge in [-0.1, -0.05) is 34.9 Å². The van der Waals surface area contributed by atoms with Crippen molar-refractivity contribution in [3.63, 3.8) is 0 Å². The third-order valence-corrected chi connectivity index (χ3v) is 6.99. The van der Waals surface area contributed by atoms with Crippen LogP contribution in [0, 0.1) is 6.92 Å². The molecule has 0 aromatic carbocycles.